The lowest BCUT2D eigenvalue weighted by molar-refractivity contribution is -0.117. The Bertz CT molecular complexity index is 476. The molecule has 0 aliphatic rings. The van der Waals surface area contributed by atoms with E-state index in [2.05, 4.69) is 5.32 Å². The first kappa shape index (κ1) is 15.5. The zero-order valence-corrected chi connectivity index (χ0v) is 12.4. The van der Waals surface area contributed by atoms with Crippen LogP contribution in [0.15, 0.2) is 12.1 Å². The highest BCUT2D eigenvalue weighted by atomic mass is 16.3. The number of aromatic hydroxyl groups is 1. The summed E-state index contributed by atoms with van der Waals surface area (Å²) in [5.74, 6) is -0.0639. The van der Waals surface area contributed by atoms with Crippen molar-refractivity contribution in [1.82, 2.24) is 0 Å². The summed E-state index contributed by atoms with van der Waals surface area (Å²) in [4.78, 5) is 11.9. The number of phenols is 1. The first-order chi connectivity index (χ1) is 8.61. The summed E-state index contributed by atoms with van der Waals surface area (Å²) in [7, 11) is 0. The summed E-state index contributed by atoms with van der Waals surface area (Å²) in [6.07, 6.45) is 0.232. The van der Waals surface area contributed by atoms with E-state index in [-0.39, 0.29) is 29.5 Å². The quantitative estimate of drug-likeness (QED) is 0.735. The smallest absolute Gasteiger partial charge is 0.226 e. The van der Waals surface area contributed by atoms with Crippen LogP contribution in [0.2, 0.25) is 0 Å². The third kappa shape index (κ3) is 4.24. The fourth-order valence-electron chi connectivity index (χ4n) is 1.76. The molecule has 0 fully saturated rings. The standard InChI is InChI=1S/C15H24N2O2/c1-9-6-10(2)14(19)11(7-9)17-13(18)8-12(16)15(3,4)5/h6-7,12,19H,8,16H2,1-5H3,(H,17,18). The Labute approximate surface area is 115 Å². The first-order valence-corrected chi connectivity index (χ1v) is 6.47. The molecular weight excluding hydrogens is 240 g/mol. The number of rotatable bonds is 3. The Kier molecular flexibility index (Phi) is 4.58. The molecule has 0 heterocycles. The maximum atomic E-state index is 11.9. The number of phenolic OH excluding ortho intramolecular Hbond substituents is 1. The number of carbonyl (C=O) groups excluding carboxylic acids is 1. The summed E-state index contributed by atoms with van der Waals surface area (Å²) < 4.78 is 0. The molecule has 0 saturated carbocycles. The van der Waals surface area contributed by atoms with Crippen LogP contribution in [-0.4, -0.2) is 17.1 Å². The largest absolute Gasteiger partial charge is 0.505 e. The van der Waals surface area contributed by atoms with Crippen molar-refractivity contribution in [3.63, 3.8) is 0 Å². The van der Waals surface area contributed by atoms with Gasteiger partial charge >= 0.3 is 0 Å². The van der Waals surface area contributed by atoms with Gasteiger partial charge in [-0.2, -0.15) is 0 Å². The molecule has 4 nitrogen and oxygen atoms in total. The van der Waals surface area contributed by atoms with Crippen LogP contribution in [0.25, 0.3) is 0 Å². The van der Waals surface area contributed by atoms with Crippen molar-refractivity contribution in [2.45, 2.75) is 47.1 Å². The lowest BCUT2D eigenvalue weighted by atomic mass is 9.85. The van der Waals surface area contributed by atoms with Gasteiger partial charge in [0.05, 0.1) is 5.69 Å². The van der Waals surface area contributed by atoms with Gasteiger partial charge in [0, 0.05) is 12.5 Å². The molecule has 19 heavy (non-hydrogen) atoms. The second-order valence-corrected chi connectivity index (χ2v) is 6.20. The SMILES string of the molecule is Cc1cc(C)c(O)c(NC(=O)CC(N)C(C)(C)C)c1. The monoisotopic (exact) mass is 264 g/mol. The second kappa shape index (κ2) is 5.61. The molecule has 1 unspecified atom stereocenters. The fourth-order valence-corrected chi connectivity index (χ4v) is 1.76. The van der Waals surface area contributed by atoms with E-state index in [4.69, 9.17) is 5.73 Å². The third-order valence-electron chi connectivity index (χ3n) is 3.24. The van der Waals surface area contributed by atoms with E-state index >= 15 is 0 Å². The molecule has 0 spiro atoms. The lowest BCUT2D eigenvalue weighted by Gasteiger charge is -2.26. The topological polar surface area (TPSA) is 75.3 Å². The van der Waals surface area contributed by atoms with E-state index in [1.807, 2.05) is 33.8 Å². The van der Waals surface area contributed by atoms with E-state index in [0.29, 0.717) is 5.69 Å². The van der Waals surface area contributed by atoms with Crippen molar-refractivity contribution in [3.8, 4) is 5.75 Å². The van der Waals surface area contributed by atoms with Crippen LogP contribution in [0.5, 0.6) is 5.75 Å². The third-order valence-corrected chi connectivity index (χ3v) is 3.24. The number of benzene rings is 1. The number of nitrogens with one attached hydrogen (secondary N) is 1. The molecule has 0 aliphatic carbocycles. The van der Waals surface area contributed by atoms with Gasteiger partial charge in [-0.3, -0.25) is 4.79 Å². The van der Waals surface area contributed by atoms with Gasteiger partial charge in [0.1, 0.15) is 5.75 Å². The molecule has 106 valence electrons. The summed E-state index contributed by atoms with van der Waals surface area (Å²) in [6.45, 7) is 9.72. The number of amides is 1. The van der Waals surface area contributed by atoms with Crippen molar-refractivity contribution < 1.29 is 9.90 Å². The normalized spacial score (nSPS) is 13.2. The second-order valence-electron chi connectivity index (χ2n) is 6.20. The van der Waals surface area contributed by atoms with Gasteiger partial charge in [-0.25, -0.2) is 0 Å². The zero-order chi connectivity index (χ0) is 14.8. The van der Waals surface area contributed by atoms with Crippen LogP contribution in [-0.2, 0) is 4.79 Å². The lowest BCUT2D eigenvalue weighted by Crippen LogP contribution is -2.38. The predicted molar refractivity (Wildman–Crippen MR) is 78.3 cm³/mol. The van der Waals surface area contributed by atoms with Crippen LogP contribution in [0.3, 0.4) is 0 Å². The molecule has 0 radical (unpaired) electrons. The Morgan fingerprint density at radius 2 is 1.95 bits per heavy atom. The molecule has 1 aromatic carbocycles. The summed E-state index contributed by atoms with van der Waals surface area (Å²) in [5.41, 5.74) is 8.04. The zero-order valence-electron chi connectivity index (χ0n) is 12.4. The Hall–Kier alpha value is -1.55. The number of aryl methyl sites for hydroxylation is 2. The minimum absolute atomic E-state index is 0.114. The Balaban J connectivity index is 2.78. The Morgan fingerprint density at radius 1 is 1.37 bits per heavy atom. The number of anilines is 1. The van der Waals surface area contributed by atoms with Crippen LogP contribution in [0.4, 0.5) is 5.69 Å². The van der Waals surface area contributed by atoms with Gasteiger partial charge < -0.3 is 16.2 Å². The van der Waals surface area contributed by atoms with Crippen LogP contribution >= 0.6 is 0 Å². The summed E-state index contributed by atoms with van der Waals surface area (Å²) >= 11 is 0. The highest BCUT2D eigenvalue weighted by molar-refractivity contribution is 5.93. The van der Waals surface area contributed by atoms with Gasteiger partial charge in [0.2, 0.25) is 5.91 Å². The number of nitrogens with two attached hydrogens (primary N) is 1. The van der Waals surface area contributed by atoms with Gasteiger partial charge in [-0.1, -0.05) is 26.8 Å². The molecule has 1 aromatic rings. The number of carbonyl (C=O) groups is 1. The number of hydrogen-bond donors (Lipinski definition) is 3. The van der Waals surface area contributed by atoms with Gasteiger partial charge in [-0.05, 0) is 36.5 Å². The highest BCUT2D eigenvalue weighted by Gasteiger charge is 2.23. The van der Waals surface area contributed by atoms with Crippen molar-refractivity contribution in [2.24, 2.45) is 11.1 Å². The molecule has 1 atom stereocenters. The van der Waals surface area contributed by atoms with Crippen LogP contribution in [0.1, 0.15) is 38.3 Å². The molecule has 0 aromatic heterocycles. The van der Waals surface area contributed by atoms with Crippen LogP contribution in [0, 0.1) is 19.3 Å². The highest BCUT2D eigenvalue weighted by Crippen LogP contribution is 2.29. The maximum Gasteiger partial charge on any atom is 0.226 e. The van der Waals surface area contributed by atoms with Crippen molar-refractivity contribution >= 4 is 11.6 Å². The average molecular weight is 264 g/mol. The van der Waals surface area contributed by atoms with E-state index in [1.54, 1.807) is 13.0 Å². The molecule has 1 amide bonds. The van der Waals surface area contributed by atoms with E-state index in [0.717, 1.165) is 11.1 Å². The minimum atomic E-state index is -0.222. The Morgan fingerprint density at radius 3 is 2.47 bits per heavy atom. The molecule has 0 aliphatic heterocycles. The molecule has 4 heteroatoms. The van der Waals surface area contributed by atoms with Crippen LogP contribution < -0.4 is 11.1 Å². The molecular formula is C15H24N2O2. The molecule has 4 N–H and O–H groups in total. The first-order valence-electron chi connectivity index (χ1n) is 6.47. The van der Waals surface area contributed by atoms with Crippen molar-refractivity contribution in [3.05, 3.63) is 23.3 Å². The summed E-state index contributed by atoms with van der Waals surface area (Å²) in [6, 6.07) is 3.40. The fraction of sp³-hybridized carbons (Fsp3) is 0.533. The molecule has 0 bridgehead atoms. The van der Waals surface area contributed by atoms with Crippen molar-refractivity contribution in [1.29, 1.82) is 0 Å². The maximum absolute atomic E-state index is 11.9. The summed E-state index contributed by atoms with van der Waals surface area (Å²) in [5, 5.41) is 12.6. The average Bonchev–Trinajstić information content (AvgIpc) is 2.23. The van der Waals surface area contributed by atoms with E-state index in [9.17, 15) is 9.90 Å². The minimum Gasteiger partial charge on any atom is -0.505 e. The molecule has 0 saturated heterocycles. The molecule has 1 rings (SSSR count). The van der Waals surface area contributed by atoms with E-state index < -0.39 is 0 Å². The number of hydrogen-bond acceptors (Lipinski definition) is 3. The van der Waals surface area contributed by atoms with E-state index in [1.165, 1.54) is 0 Å². The van der Waals surface area contributed by atoms with Gasteiger partial charge in [0.15, 0.2) is 0 Å². The van der Waals surface area contributed by atoms with Gasteiger partial charge in [0.25, 0.3) is 0 Å². The predicted octanol–water partition coefficient (Wildman–Crippen LogP) is 2.71. The van der Waals surface area contributed by atoms with Crippen molar-refractivity contribution in [2.75, 3.05) is 5.32 Å². The van der Waals surface area contributed by atoms with Gasteiger partial charge in [-0.15, -0.1) is 0 Å².